The van der Waals surface area contributed by atoms with Gasteiger partial charge < -0.3 is 20.1 Å². The standard InChI is InChI=1S/C14H21ClN2O3/c1-10(9-18)17(2)14(19)16-7-6-11-4-5-12(20-3)8-13(11)15/h4-5,8,10,18H,6-7,9H2,1-3H3,(H,16,19). The zero-order valence-electron chi connectivity index (χ0n) is 12.0. The first-order valence-corrected chi connectivity index (χ1v) is 6.81. The van der Waals surface area contributed by atoms with Crippen molar-refractivity contribution in [1.82, 2.24) is 10.2 Å². The Morgan fingerprint density at radius 2 is 2.25 bits per heavy atom. The van der Waals surface area contributed by atoms with Crippen molar-refractivity contribution in [2.24, 2.45) is 0 Å². The Kier molecular flexibility index (Phi) is 6.61. The second-order valence-corrected chi connectivity index (χ2v) is 4.99. The van der Waals surface area contributed by atoms with Gasteiger partial charge in [-0.1, -0.05) is 17.7 Å². The van der Waals surface area contributed by atoms with Crippen LogP contribution in [0.2, 0.25) is 5.02 Å². The average Bonchev–Trinajstić information content (AvgIpc) is 2.46. The highest BCUT2D eigenvalue weighted by Gasteiger charge is 2.14. The van der Waals surface area contributed by atoms with Gasteiger partial charge in [-0.15, -0.1) is 0 Å². The molecule has 1 atom stereocenters. The first-order valence-electron chi connectivity index (χ1n) is 6.43. The van der Waals surface area contributed by atoms with Crippen LogP contribution in [0.1, 0.15) is 12.5 Å². The topological polar surface area (TPSA) is 61.8 Å². The van der Waals surface area contributed by atoms with Gasteiger partial charge in [-0.25, -0.2) is 4.79 Å². The van der Waals surface area contributed by atoms with E-state index in [-0.39, 0.29) is 18.7 Å². The van der Waals surface area contributed by atoms with E-state index >= 15 is 0 Å². The fraction of sp³-hybridized carbons (Fsp3) is 0.500. The van der Waals surface area contributed by atoms with E-state index in [1.54, 1.807) is 27.1 Å². The lowest BCUT2D eigenvalue weighted by Gasteiger charge is -2.23. The monoisotopic (exact) mass is 300 g/mol. The maximum Gasteiger partial charge on any atom is 0.317 e. The van der Waals surface area contributed by atoms with Gasteiger partial charge in [-0.2, -0.15) is 0 Å². The Hall–Kier alpha value is -1.46. The van der Waals surface area contributed by atoms with Crippen molar-refractivity contribution >= 4 is 17.6 Å². The number of carbonyl (C=O) groups is 1. The van der Waals surface area contributed by atoms with Gasteiger partial charge in [0.15, 0.2) is 0 Å². The van der Waals surface area contributed by atoms with E-state index in [1.807, 2.05) is 12.1 Å². The summed E-state index contributed by atoms with van der Waals surface area (Å²) in [5.74, 6) is 0.708. The predicted molar refractivity (Wildman–Crippen MR) is 79.4 cm³/mol. The Bertz CT molecular complexity index is 454. The summed E-state index contributed by atoms with van der Waals surface area (Å²) in [6, 6.07) is 5.05. The van der Waals surface area contributed by atoms with Crippen molar-refractivity contribution in [2.45, 2.75) is 19.4 Å². The fourth-order valence-electron chi connectivity index (χ4n) is 1.61. The van der Waals surface area contributed by atoms with Crippen LogP contribution in [0.25, 0.3) is 0 Å². The molecular formula is C14H21ClN2O3. The molecule has 0 fully saturated rings. The maximum atomic E-state index is 11.8. The summed E-state index contributed by atoms with van der Waals surface area (Å²) < 4.78 is 5.08. The third kappa shape index (κ3) is 4.58. The molecule has 0 aromatic heterocycles. The molecule has 20 heavy (non-hydrogen) atoms. The molecule has 1 rings (SSSR count). The second kappa shape index (κ2) is 7.97. The Labute approximate surface area is 124 Å². The van der Waals surface area contributed by atoms with Crippen molar-refractivity contribution in [1.29, 1.82) is 0 Å². The lowest BCUT2D eigenvalue weighted by Crippen LogP contribution is -2.44. The number of aliphatic hydroxyl groups is 1. The number of rotatable bonds is 6. The Balaban J connectivity index is 2.46. The summed E-state index contributed by atoms with van der Waals surface area (Å²) in [6.07, 6.45) is 0.635. The number of carbonyl (C=O) groups excluding carboxylic acids is 1. The average molecular weight is 301 g/mol. The lowest BCUT2D eigenvalue weighted by molar-refractivity contribution is 0.157. The molecule has 5 nitrogen and oxygen atoms in total. The molecule has 1 aromatic carbocycles. The molecule has 0 saturated heterocycles. The number of nitrogens with zero attached hydrogens (tertiary/aromatic N) is 1. The van der Waals surface area contributed by atoms with Gasteiger partial charge in [-0.3, -0.25) is 0 Å². The lowest BCUT2D eigenvalue weighted by atomic mass is 10.1. The van der Waals surface area contributed by atoms with Crippen LogP contribution in [-0.4, -0.2) is 49.4 Å². The second-order valence-electron chi connectivity index (χ2n) is 4.58. The third-order valence-electron chi connectivity index (χ3n) is 3.18. The van der Waals surface area contributed by atoms with E-state index in [2.05, 4.69) is 5.32 Å². The molecule has 0 aliphatic heterocycles. The molecule has 0 bridgehead atoms. The van der Waals surface area contributed by atoms with Crippen LogP contribution >= 0.6 is 11.6 Å². The molecule has 1 aromatic rings. The molecule has 0 radical (unpaired) electrons. The minimum Gasteiger partial charge on any atom is -0.497 e. The first kappa shape index (κ1) is 16.6. The van der Waals surface area contributed by atoms with E-state index in [4.69, 9.17) is 21.4 Å². The number of urea groups is 1. The van der Waals surface area contributed by atoms with E-state index < -0.39 is 0 Å². The maximum absolute atomic E-state index is 11.8. The number of ether oxygens (including phenoxy) is 1. The molecular weight excluding hydrogens is 280 g/mol. The number of amides is 2. The fourth-order valence-corrected chi connectivity index (χ4v) is 1.87. The summed E-state index contributed by atoms with van der Waals surface area (Å²) in [7, 11) is 3.24. The van der Waals surface area contributed by atoms with Crippen LogP contribution < -0.4 is 10.1 Å². The molecule has 2 N–H and O–H groups in total. The summed E-state index contributed by atoms with van der Waals surface area (Å²) in [4.78, 5) is 13.2. The molecule has 0 saturated carbocycles. The summed E-state index contributed by atoms with van der Waals surface area (Å²) in [5, 5.41) is 12.4. The van der Waals surface area contributed by atoms with E-state index in [9.17, 15) is 4.79 Å². The minimum atomic E-state index is -0.212. The van der Waals surface area contributed by atoms with Crippen molar-refractivity contribution < 1.29 is 14.6 Å². The van der Waals surface area contributed by atoms with Crippen molar-refractivity contribution in [3.63, 3.8) is 0 Å². The molecule has 0 spiro atoms. The number of aliphatic hydroxyl groups excluding tert-OH is 1. The summed E-state index contributed by atoms with van der Waals surface area (Å²) >= 11 is 6.12. The van der Waals surface area contributed by atoms with Crippen molar-refractivity contribution in [2.75, 3.05) is 27.3 Å². The summed E-state index contributed by atoms with van der Waals surface area (Å²) in [6.45, 7) is 2.20. The van der Waals surface area contributed by atoms with Crippen LogP contribution in [0, 0.1) is 0 Å². The van der Waals surface area contributed by atoms with Crippen LogP contribution in [-0.2, 0) is 6.42 Å². The van der Waals surface area contributed by atoms with Gasteiger partial charge in [0, 0.05) is 18.6 Å². The number of halogens is 1. The number of nitrogens with one attached hydrogen (secondary N) is 1. The molecule has 0 aliphatic rings. The van der Waals surface area contributed by atoms with E-state index in [0.29, 0.717) is 23.7 Å². The van der Waals surface area contributed by atoms with Crippen molar-refractivity contribution in [3.05, 3.63) is 28.8 Å². The van der Waals surface area contributed by atoms with Gasteiger partial charge >= 0.3 is 6.03 Å². The molecule has 2 amide bonds. The van der Waals surface area contributed by atoms with Crippen LogP contribution in [0.5, 0.6) is 5.75 Å². The summed E-state index contributed by atoms with van der Waals surface area (Å²) in [5.41, 5.74) is 0.950. The largest absolute Gasteiger partial charge is 0.497 e. The molecule has 0 aliphatic carbocycles. The number of benzene rings is 1. The molecule has 6 heteroatoms. The highest BCUT2D eigenvalue weighted by molar-refractivity contribution is 6.31. The molecule has 112 valence electrons. The SMILES string of the molecule is COc1ccc(CCNC(=O)N(C)C(C)CO)c(Cl)c1. The highest BCUT2D eigenvalue weighted by Crippen LogP contribution is 2.22. The van der Waals surface area contributed by atoms with Gasteiger partial charge in [0.25, 0.3) is 0 Å². The zero-order chi connectivity index (χ0) is 15.1. The number of likely N-dealkylation sites (N-methyl/N-ethyl adjacent to an activating group) is 1. The van der Waals surface area contributed by atoms with Crippen molar-refractivity contribution in [3.8, 4) is 5.75 Å². The normalized spacial score (nSPS) is 11.8. The third-order valence-corrected chi connectivity index (χ3v) is 3.53. The van der Waals surface area contributed by atoms with Gasteiger partial charge in [0.05, 0.1) is 19.8 Å². The van der Waals surface area contributed by atoms with E-state index in [1.165, 1.54) is 4.90 Å². The van der Waals surface area contributed by atoms with Gasteiger partial charge in [0.1, 0.15) is 5.75 Å². The van der Waals surface area contributed by atoms with Crippen LogP contribution in [0.15, 0.2) is 18.2 Å². The van der Waals surface area contributed by atoms with E-state index in [0.717, 1.165) is 5.56 Å². The number of methoxy groups -OCH3 is 1. The quantitative estimate of drug-likeness (QED) is 0.843. The van der Waals surface area contributed by atoms with Crippen LogP contribution in [0.4, 0.5) is 4.79 Å². The number of hydrogen-bond donors (Lipinski definition) is 2. The molecule has 1 unspecified atom stereocenters. The van der Waals surface area contributed by atoms with Gasteiger partial charge in [-0.05, 0) is 31.0 Å². The highest BCUT2D eigenvalue weighted by atomic mass is 35.5. The van der Waals surface area contributed by atoms with Crippen LogP contribution in [0.3, 0.4) is 0 Å². The zero-order valence-corrected chi connectivity index (χ0v) is 12.8. The number of hydrogen-bond acceptors (Lipinski definition) is 3. The Morgan fingerprint density at radius 3 is 2.80 bits per heavy atom. The van der Waals surface area contributed by atoms with Gasteiger partial charge in [0.2, 0.25) is 0 Å². The minimum absolute atomic E-state index is 0.0613. The first-order chi connectivity index (χ1) is 9.49. The Morgan fingerprint density at radius 1 is 1.55 bits per heavy atom. The smallest absolute Gasteiger partial charge is 0.317 e. The predicted octanol–water partition coefficient (Wildman–Crippen LogP) is 1.91. The molecule has 0 heterocycles.